The van der Waals surface area contributed by atoms with Gasteiger partial charge in [0.2, 0.25) is 0 Å². The number of para-hydroxylation sites is 1. The van der Waals surface area contributed by atoms with E-state index in [4.69, 9.17) is 16.0 Å². The van der Waals surface area contributed by atoms with Crippen LogP contribution in [-0.4, -0.2) is 9.97 Å². The van der Waals surface area contributed by atoms with Crippen molar-refractivity contribution >= 4 is 22.6 Å². The van der Waals surface area contributed by atoms with Gasteiger partial charge in [-0.25, -0.2) is 9.97 Å². The fourth-order valence-corrected chi connectivity index (χ4v) is 2.54. The van der Waals surface area contributed by atoms with Crippen molar-refractivity contribution in [1.82, 2.24) is 9.97 Å². The van der Waals surface area contributed by atoms with Crippen molar-refractivity contribution in [2.24, 2.45) is 0 Å². The standard InChI is InChI=1S/C16H13ClN2O/c1-9-14(18-16(10-6-7-10)19-15(9)17)13-8-11-4-2-3-5-12(11)20-13/h2-5,8,10H,6-7H2,1H3. The lowest BCUT2D eigenvalue weighted by Crippen LogP contribution is -1.98. The summed E-state index contributed by atoms with van der Waals surface area (Å²) < 4.78 is 5.90. The third-order valence-electron chi connectivity index (χ3n) is 3.71. The predicted octanol–water partition coefficient (Wildman–Crippen LogP) is 4.73. The number of nitrogens with zero attached hydrogens (tertiary/aromatic N) is 2. The largest absolute Gasteiger partial charge is 0.454 e. The van der Waals surface area contributed by atoms with E-state index in [-0.39, 0.29) is 0 Å². The normalized spacial score (nSPS) is 14.9. The van der Waals surface area contributed by atoms with Gasteiger partial charge in [0.05, 0.1) is 0 Å². The van der Waals surface area contributed by atoms with Crippen molar-refractivity contribution in [2.45, 2.75) is 25.7 Å². The fraction of sp³-hybridized carbons (Fsp3) is 0.250. The summed E-state index contributed by atoms with van der Waals surface area (Å²) >= 11 is 6.25. The number of fused-ring (bicyclic) bond motifs is 1. The third kappa shape index (κ3) is 1.90. The Morgan fingerprint density at radius 3 is 2.75 bits per heavy atom. The maximum atomic E-state index is 6.25. The van der Waals surface area contributed by atoms with E-state index in [1.165, 1.54) is 0 Å². The quantitative estimate of drug-likeness (QED) is 0.639. The Hall–Kier alpha value is -1.87. The van der Waals surface area contributed by atoms with Gasteiger partial charge in [0.1, 0.15) is 22.3 Å². The molecule has 3 nitrogen and oxygen atoms in total. The van der Waals surface area contributed by atoms with Crippen LogP contribution in [0.2, 0.25) is 5.15 Å². The van der Waals surface area contributed by atoms with Crippen LogP contribution in [0.3, 0.4) is 0 Å². The van der Waals surface area contributed by atoms with Crippen LogP contribution in [0.4, 0.5) is 0 Å². The van der Waals surface area contributed by atoms with Gasteiger partial charge >= 0.3 is 0 Å². The summed E-state index contributed by atoms with van der Waals surface area (Å²) in [4.78, 5) is 9.06. The minimum Gasteiger partial charge on any atom is -0.454 e. The Morgan fingerprint density at radius 2 is 2.00 bits per heavy atom. The first-order valence-corrected chi connectivity index (χ1v) is 7.13. The van der Waals surface area contributed by atoms with Crippen LogP contribution in [0, 0.1) is 6.92 Å². The fourth-order valence-electron chi connectivity index (χ4n) is 2.37. The number of hydrogen-bond donors (Lipinski definition) is 0. The van der Waals surface area contributed by atoms with Gasteiger partial charge in [-0.2, -0.15) is 0 Å². The lowest BCUT2D eigenvalue weighted by Gasteiger charge is -2.06. The zero-order chi connectivity index (χ0) is 13.7. The zero-order valence-electron chi connectivity index (χ0n) is 11.1. The number of hydrogen-bond acceptors (Lipinski definition) is 3. The van der Waals surface area contributed by atoms with E-state index in [1.807, 2.05) is 37.3 Å². The van der Waals surface area contributed by atoms with Gasteiger partial charge in [-0.3, -0.25) is 0 Å². The SMILES string of the molecule is Cc1c(Cl)nc(C2CC2)nc1-c1cc2ccccc2o1. The Morgan fingerprint density at radius 1 is 1.20 bits per heavy atom. The van der Waals surface area contributed by atoms with E-state index < -0.39 is 0 Å². The number of benzene rings is 1. The van der Waals surface area contributed by atoms with Gasteiger partial charge in [0.15, 0.2) is 5.76 Å². The average molecular weight is 285 g/mol. The second kappa shape index (κ2) is 4.32. The summed E-state index contributed by atoms with van der Waals surface area (Å²) in [6.45, 7) is 1.93. The van der Waals surface area contributed by atoms with Crippen molar-refractivity contribution in [1.29, 1.82) is 0 Å². The summed E-state index contributed by atoms with van der Waals surface area (Å²) in [7, 11) is 0. The van der Waals surface area contributed by atoms with Gasteiger partial charge in [-0.15, -0.1) is 0 Å². The molecule has 2 aromatic heterocycles. The first-order chi connectivity index (χ1) is 9.72. The molecule has 0 N–H and O–H groups in total. The summed E-state index contributed by atoms with van der Waals surface area (Å²) in [5.41, 5.74) is 2.54. The van der Waals surface area contributed by atoms with Gasteiger partial charge < -0.3 is 4.42 Å². The van der Waals surface area contributed by atoms with Crippen LogP contribution in [0.25, 0.3) is 22.4 Å². The summed E-state index contributed by atoms with van der Waals surface area (Å²) in [5.74, 6) is 2.07. The third-order valence-corrected chi connectivity index (χ3v) is 4.07. The molecule has 100 valence electrons. The molecule has 0 saturated heterocycles. The van der Waals surface area contributed by atoms with Crippen molar-refractivity contribution in [3.8, 4) is 11.5 Å². The first-order valence-electron chi connectivity index (χ1n) is 6.75. The molecule has 1 aliphatic rings. The van der Waals surface area contributed by atoms with Crippen molar-refractivity contribution in [3.63, 3.8) is 0 Å². The second-order valence-corrected chi connectivity index (χ2v) is 5.63. The molecule has 1 aliphatic carbocycles. The Bertz CT molecular complexity index is 772. The molecule has 1 saturated carbocycles. The van der Waals surface area contributed by atoms with E-state index in [0.717, 1.165) is 46.7 Å². The van der Waals surface area contributed by atoms with Gasteiger partial charge in [-0.05, 0) is 31.9 Å². The summed E-state index contributed by atoms with van der Waals surface area (Å²) in [6, 6.07) is 9.96. The molecule has 0 amide bonds. The molecule has 0 bridgehead atoms. The van der Waals surface area contributed by atoms with Crippen LogP contribution in [-0.2, 0) is 0 Å². The molecule has 0 unspecified atom stereocenters. The van der Waals surface area contributed by atoms with Crippen molar-refractivity contribution < 1.29 is 4.42 Å². The Labute approximate surface area is 121 Å². The zero-order valence-corrected chi connectivity index (χ0v) is 11.8. The van der Waals surface area contributed by atoms with Crippen molar-refractivity contribution in [3.05, 3.63) is 46.9 Å². The molecule has 0 spiro atoms. The highest BCUT2D eigenvalue weighted by atomic mass is 35.5. The second-order valence-electron chi connectivity index (χ2n) is 5.27. The van der Waals surface area contributed by atoms with E-state index in [0.29, 0.717) is 11.1 Å². The number of aromatic nitrogens is 2. The molecule has 0 atom stereocenters. The molecular weight excluding hydrogens is 272 g/mol. The van der Waals surface area contributed by atoms with Crippen LogP contribution in [0.1, 0.15) is 30.1 Å². The van der Waals surface area contributed by atoms with Crippen LogP contribution in [0.5, 0.6) is 0 Å². The first kappa shape index (κ1) is 11.9. The smallest absolute Gasteiger partial charge is 0.154 e. The number of halogens is 1. The summed E-state index contributed by atoms with van der Waals surface area (Å²) in [5, 5.41) is 1.60. The molecule has 4 rings (SSSR count). The molecule has 0 aliphatic heterocycles. The highest BCUT2D eigenvalue weighted by Crippen LogP contribution is 2.40. The molecule has 20 heavy (non-hydrogen) atoms. The minimum absolute atomic E-state index is 0.469. The Kier molecular flexibility index (Phi) is 2.57. The topological polar surface area (TPSA) is 38.9 Å². The van der Waals surface area contributed by atoms with E-state index >= 15 is 0 Å². The number of furan rings is 1. The molecule has 2 heterocycles. The highest BCUT2D eigenvalue weighted by molar-refractivity contribution is 6.30. The van der Waals surface area contributed by atoms with E-state index in [1.54, 1.807) is 0 Å². The van der Waals surface area contributed by atoms with Gasteiger partial charge in [0.25, 0.3) is 0 Å². The minimum atomic E-state index is 0.469. The number of rotatable bonds is 2. The van der Waals surface area contributed by atoms with Crippen LogP contribution < -0.4 is 0 Å². The highest BCUT2D eigenvalue weighted by Gasteiger charge is 2.28. The molecule has 4 heteroatoms. The molecule has 1 aromatic carbocycles. The molecule has 3 aromatic rings. The predicted molar refractivity (Wildman–Crippen MR) is 79.0 cm³/mol. The van der Waals surface area contributed by atoms with Crippen LogP contribution in [0.15, 0.2) is 34.7 Å². The summed E-state index contributed by atoms with van der Waals surface area (Å²) in [6.07, 6.45) is 2.30. The molecule has 1 fully saturated rings. The lowest BCUT2D eigenvalue weighted by atomic mass is 10.2. The molecular formula is C16H13ClN2O. The Balaban J connectivity index is 1.91. The van der Waals surface area contributed by atoms with Gasteiger partial charge in [0, 0.05) is 16.9 Å². The maximum Gasteiger partial charge on any atom is 0.154 e. The maximum absolute atomic E-state index is 6.25. The van der Waals surface area contributed by atoms with E-state index in [9.17, 15) is 0 Å². The molecule has 0 radical (unpaired) electrons. The van der Waals surface area contributed by atoms with Crippen LogP contribution >= 0.6 is 11.6 Å². The van der Waals surface area contributed by atoms with Gasteiger partial charge in [-0.1, -0.05) is 29.8 Å². The monoisotopic (exact) mass is 284 g/mol. The average Bonchev–Trinajstić information content (AvgIpc) is 3.20. The lowest BCUT2D eigenvalue weighted by molar-refractivity contribution is 0.626. The van der Waals surface area contributed by atoms with Crippen molar-refractivity contribution in [2.75, 3.05) is 0 Å². The van der Waals surface area contributed by atoms with E-state index in [2.05, 4.69) is 9.97 Å².